The Morgan fingerprint density at radius 1 is 1.57 bits per heavy atom. The lowest BCUT2D eigenvalue weighted by Gasteiger charge is -2.28. The third-order valence-corrected chi connectivity index (χ3v) is 2.45. The first-order valence-electron chi connectivity index (χ1n) is 4.74. The summed E-state index contributed by atoms with van der Waals surface area (Å²) in [6.45, 7) is 1.22. The topological polar surface area (TPSA) is 69.2 Å². The molecule has 0 bridgehead atoms. The predicted molar refractivity (Wildman–Crippen MR) is 49.7 cm³/mol. The van der Waals surface area contributed by atoms with Gasteiger partial charge >= 0.3 is 0 Å². The van der Waals surface area contributed by atoms with Gasteiger partial charge in [-0.25, -0.2) is 4.98 Å². The van der Waals surface area contributed by atoms with Crippen LogP contribution in [-0.2, 0) is 0 Å². The molecule has 1 fully saturated rings. The average Bonchev–Trinajstić information content (AvgIpc) is 2.71. The van der Waals surface area contributed by atoms with Gasteiger partial charge in [-0.05, 0) is 12.8 Å². The summed E-state index contributed by atoms with van der Waals surface area (Å²) in [5, 5.41) is 9.28. The van der Waals surface area contributed by atoms with Crippen LogP contribution >= 0.6 is 0 Å². The minimum Gasteiger partial charge on any atom is -0.393 e. The third kappa shape index (κ3) is 1.77. The number of H-pyrrole nitrogens is 1. The summed E-state index contributed by atoms with van der Waals surface area (Å²) in [6.07, 6.45) is 4.26. The van der Waals surface area contributed by atoms with E-state index in [1.807, 2.05) is 0 Å². The lowest BCUT2D eigenvalue weighted by atomic mass is 10.1. The number of hydrogen-bond donors (Lipinski definition) is 2. The summed E-state index contributed by atoms with van der Waals surface area (Å²) < 4.78 is 0. The summed E-state index contributed by atoms with van der Waals surface area (Å²) in [5.41, 5.74) is 0. The molecule has 2 rings (SSSR count). The first-order valence-corrected chi connectivity index (χ1v) is 4.74. The number of nitrogens with zero attached hydrogens (tertiary/aromatic N) is 2. The van der Waals surface area contributed by atoms with E-state index in [4.69, 9.17) is 0 Å². The second-order valence-corrected chi connectivity index (χ2v) is 3.46. The molecule has 1 aromatic rings. The van der Waals surface area contributed by atoms with Gasteiger partial charge in [0.2, 0.25) is 0 Å². The molecule has 5 heteroatoms. The lowest BCUT2D eigenvalue weighted by molar-refractivity contribution is 0.0537. The van der Waals surface area contributed by atoms with Gasteiger partial charge in [-0.3, -0.25) is 4.79 Å². The Morgan fingerprint density at radius 2 is 2.29 bits per heavy atom. The molecular formula is C9H13N3O2. The molecule has 0 aromatic carbocycles. The molecule has 2 N–H and O–H groups in total. The summed E-state index contributed by atoms with van der Waals surface area (Å²) in [4.78, 5) is 20.1. The van der Waals surface area contributed by atoms with E-state index in [0.717, 1.165) is 0 Å². The minimum atomic E-state index is -0.254. The second-order valence-electron chi connectivity index (χ2n) is 3.46. The zero-order valence-electron chi connectivity index (χ0n) is 7.81. The zero-order valence-corrected chi connectivity index (χ0v) is 7.81. The maximum atomic E-state index is 11.7. The van der Waals surface area contributed by atoms with Crippen LogP contribution in [0.25, 0.3) is 0 Å². The maximum absolute atomic E-state index is 11.7. The third-order valence-electron chi connectivity index (χ3n) is 2.45. The smallest absolute Gasteiger partial charge is 0.289 e. The Balaban J connectivity index is 1.99. The van der Waals surface area contributed by atoms with Gasteiger partial charge in [0.05, 0.1) is 6.10 Å². The number of carbonyl (C=O) groups is 1. The van der Waals surface area contributed by atoms with Crippen molar-refractivity contribution in [3.63, 3.8) is 0 Å². The van der Waals surface area contributed by atoms with Crippen molar-refractivity contribution in [3.8, 4) is 0 Å². The molecule has 2 heterocycles. The highest BCUT2D eigenvalue weighted by atomic mass is 16.3. The van der Waals surface area contributed by atoms with Crippen LogP contribution in [0.1, 0.15) is 23.5 Å². The van der Waals surface area contributed by atoms with Gasteiger partial charge in [-0.1, -0.05) is 0 Å². The van der Waals surface area contributed by atoms with Crippen molar-refractivity contribution >= 4 is 5.91 Å². The Bertz CT molecular complexity index is 302. The van der Waals surface area contributed by atoms with E-state index in [2.05, 4.69) is 9.97 Å². The fourth-order valence-corrected chi connectivity index (χ4v) is 1.60. The van der Waals surface area contributed by atoms with Crippen molar-refractivity contribution in [3.05, 3.63) is 18.2 Å². The molecule has 0 spiro atoms. The quantitative estimate of drug-likeness (QED) is 0.663. The summed E-state index contributed by atoms with van der Waals surface area (Å²) in [5.74, 6) is 0.295. The first-order chi connectivity index (χ1) is 6.77. The van der Waals surface area contributed by atoms with Crippen LogP contribution < -0.4 is 0 Å². The molecule has 1 amide bonds. The number of rotatable bonds is 1. The predicted octanol–water partition coefficient (Wildman–Crippen LogP) is 0.00660. The normalized spacial score (nSPS) is 18.5. The van der Waals surface area contributed by atoms with Crippen molar-refractivity contribution in [2.24, 2.45) is 0 Å². The van der Waals surface area contributed by atoms with Crippen molar-refractivity contribution in [1.82, 2.24) is 14.9 Å². The number of carbonyl (C=O) groups excluding carboxylic acids is 1. The highest BCUT2D eigenvalue weighted by molar-refractivity contribution is 5.90. The SMILES string of the molecule is O=C(c1ncc[nH]1)N1CCC(O)CC1. The van der Waals surface area contributed by atoms with E-state index in [9.17, 15) is 9.90 Å². The fraction of sp³-hybridized carbons (Fsp3) is 0.556. The number of aromatic amines is 1. The van der Waals surface area contributed by atoms with E-state index in [1.54, 1.807) is 17.3 Å². The van der Waals surface area contributed by atoms with Crippen LogP contribution in [0.2, 0.25) is 0 Å². The Labute approximate surface area is 81.8 Å². The number of imidazole rings is 1. The molecule has 5 nitrogen and oxygen atoms in total. The number of piperidine rings is 1. The molecule has 0 saturated carbocycles. The largest absolute Gasteiger partial charge is 0.393 e. The van der Waals surface area contributed by atoms with Crippen LogP contribution in [-0.4, -0.2) is 45.1 Å². The van der Waals surface area contributed by atoms with Gasteiger partial charge in [0.1, 0.15) is 0 Å². The van der Waals surface area contributed by atoms with Gasteiger partial charge in [-0.2, -0.15) is 0 Å². The van der Waals surface area contributed by atoms with Crippen molar-refractivity contribution in [2.75, 3.05) is 13.1 Å². The number of aliphatic hydroxyl groups is 1. The maximum Gasteiger partial charge on any atom is 0.289 e. The van der Waals surface area contributed by atoms with E-state index >= 15 is 0 Å². The number of hydrogen-bond acceptors (Lipinski definition) is 3. The first kappa shape index (κ1) is 9.21. The number of likely N-dealkylation sites (tertiary alicyclic amines) is 1. The van der Waals surface area contributed by atoms with E-state index in [-0.39, 0.29) is 12.0 Å². The minimum absolute atomic E-state index is 0.0816. The number of amides is 1. The summed E-state index contributed by atoms with van der Waals surface area (Å²) >= 11 is 0. The Kier molecular flexibility index (Phi) is 2.49. The average molecular weight is 195 g/mol. The van der Waals surface area contributed by atoms with Crippen LogP contribution in [0.3, 0.4) is 0 Å². The standard InChI is InChI=1S/C9H13N3O2/c13-7-1-5-12(6-2-7)9(14)8-10-3-4-11-8/h3-4,7,13H,1-2,5-6H2,(H,10,11). The van der Waals surface area contributed by atoms with Crippen LogP contribution in [0, 0.1) is 0 Å². The van der Waals surface area contributed by atoms with Gasteiger partial charge in [0, 0.05) is 25.5 Å². The van der Waals surface area contributed by atoms with Gasteiger partial charge < -0.3 is 15.0 Å². The highest BCUT2D eigenvalue weighted by Crippen LogP contribution is 2.11. The molecule has 1 saturated heterocycles. The van der Waals surface area contributed by atoms with E-state index in [1.165, 1.54) is 0 Å². The monoisotopic (exact) mass is 195 g/mol. The van der Waals surface area contributed by atoms with Crippen molar-refractivity contribution < 1.29 is 9.90 Å². The van der Waals surface area contributed by atoms with Crippen molar-refractivity contribution in [2.45, 2.75) is 18.9 Å². The number of aromatic nitrogens is 2. The molecule has 1 aliphatic rings. The molecule has 1 aliphatic heterocycles. The molecular weight excluding hydrogens is 182 g/mol. The van der Waals surface area contributed by atoms with Gasteiger partial charge in [-0.15, -0.1) is 0 Å². The zero-order chi connectivity index (χ0) is 9.97. The van der Waals surface area contributed by atoms with Crippen LogP contribution in [0.15, 0.2) is 12.4 Å². The molecule has 0 unspecified atom stereocenters. The van der Waals surface area contributed by atoms with E-state index in [0.29, 0.717) is 31.8 Å². The second kappa shape index (κ2) is 3.79. The van der Waals surface area contributed by atoms with Crippen LogP contribution in [0.4, 0.5) is 0 Å². The Morgan fingerprint density at radius 3 is 2.86 bits per heavy atom. The van der Waals surface area contributed by atoms with E-state index < -0.39 is 0 Å². The van der Waals surface area contributed by atoms with Gasteiger partial charge in [0.25, 0.3) is 5.91 Å². The Hall–Kier alpha value is -1.36. The molecule has 0 radical (unpaired) electrons. The highest BCUT2D eigenvalue weighted by Gasteiger charge is 2.23. The van der Waals surface area contributed by atoms with Crippen LogP contribution in [0.5, 0.6) is 0 Å². The summed E-state index contributed by atoms with van der Waals surface area (Å²) in [6, 6.07) is 0. The number of nitrogens with one attached hydrogen (secondary N) is 1. The molecule has 0 aliphatic carbocycles. The molecule has 14 heavy (non-hydrogen) atoms. The lowest BCUT2D eigenvalue weighted by Crippen LogP contribution is -2.40. The molecule has 1 aromatic heterocycles. The van der Waals surface area contributed by atoms with Crippen molar-refractivity contribution in [1.29, 1.82) is 0 Å². The summed E-state index contributed by atoms with van der Waals surface area (Å²) in [7, 11) is 0. The molecule has 0 atom stereocenters. The molecule has 76 valence electrons. The van der Waals surface area contributed by atoms with Gasteiger partial charge in [0.15, 0.2) is 5.82 Å². The number of aliphatic hydroxyl groups excluding tert-OH is 1. The fourth-order valence-electron chi connectivity index (χ4n) is 1.60.